The maximum absolute atomic E-state index is 12.3. The van der Waals surface area contributed by atoms with Crippen LogP contribution < -0.4 is 10.6 Å². The Labute approximate surface area is 182 Å². The van der Waals surface area contributed by atoms with E-state index in [9.17, 15) is 14.4 Å². The second-order valence-electron chi connectivity index (χ2n) is 9.27. The summed E-state index contributed by atoms with van der Waals surface area (Å²) >= 11 is 6.24. The molecule has 3 rings (SSSR count). The van der Waals surface area contributed by atoms with Gasteiger partial charge in [-0.05, 0) is 64.2 Å². The van der Waals surface area contributed by atoms with Crippen molar-refractivity contribution in [2.45, 2.75) is 63.5 Å². The number of ether oxygens (including phenoxy) is 1. The molecule has 1 aliphatic heterocycles. The van der Waals surface area contributed by atoms with Crippen molar-refractivity contribution >= 4 is 29.5 Å². The van der Waals surface area contributed by atoms with Gasteiger partial charge in [0.25, 0.3) is 0 Å². The Bertz CT molecular complexity index is 813. The van der Waals surface area contributed by atoms with E-state index in [2.05, 4.69) is 10.6 Å². The fourth-order valence-corrected chi connectivity index (χ4v) is 4.45. The van der Waals surface area contributed by atoms with Crippen LogP contribution in [0.2, 0.25) is 5.02 Å². The first-order chi connectivity index (χ1) is 14.1. The molecule has 1 aromatic rings. The largest absolute Gasteiger partial charge is 0.449 e. The Kier molecular flexibility index (Phi) is 6.60. The zero-order valence-corrected chi connectivity index (χ0v) is 18.6. The van der Waals surface area contributed by atoms with Crippen LogP contribution in [0, 0.1) is 0 Å². The normalized spacial score (nSPS) is 24.9. The number of rotatable bonds is 4. The molecule has 7 nitrogen and oxygen atoms in total. The predicted molar refractivity (Wildman–Crippen MR) is 114 cm³/mol. The molecule has 2 aliphatic rings. The fourth-order valence-electron chi connectivity index (χ4n) is 4.25. The topological polar surface area (TPSA) is 87.7 Å². The number of nitrogens with one attached hydrogen (secondary N) is 2. The van der Waals surface area contributed by atoms with Crippen LogP contribution in [0.25, 0.3) is 0 Å². The van der Waals surface area contributed by atoms with Crippen molar-refractivity contribution in [1.82, 2.24) is 15.5 Å². The Morgan fingerprint density at radius 2 is 2.00 bits per heavy atom. The minimum absolute atomic E-state index is 0.0132. The molecule has 1 saturated heterocycles. The minimum Gasteiger partial charge on any atom is -0.449 e. The molecule has 164 valence electrons. The second-order valence-corrected chi connectivity index (χ2v) is 9.71. The molecular formula is C22H30ClN3O4. The van der Waals surface area contributed by atoms with E-state index in [4.69, 9.17) is 16.3 Å². The molecule has 0 spiro atoms. The summed E-state index contributed by atoms with van der Waals surface area (Å²) in [6, 6.07) is 7.67. The number of piperazine rings is 1. The molecule has 0 atom stereocenters. The molecule has 8 heteroatoms. The number of amides is 3. The van der Waals surface area contributed by atoms with E-state index in [1.165, 1.54) is 0 Å². The van der Waals surface area contributed by atoms with Gasteiger partial charge in [-0.15, -0.1) is 0 Å². The van der Waals surface area contributed by atoms with E-state index in [1.54, 1.807) is 4.90 Å². The number of alkyl carbamates (subject to hydrolysis) is 1. The number of benzene rings is 1. The van der Waals surface area contributed by atoms with Crippen molar-refractivity contribution in [3.63, 3.8) is 0 Å². The average molecular weight is 436 g/mol. The number of carbonyl (C=O) groups is 3. The van der Waals surface area contributed by atoms with Crippen molar-refractivity contribution in [2.75, 3.05) is 19.7 Å². The third-order valence-corrected chi connectivity index (χ3v) is 6.05. The highest BCUT2D eigenvalue weighted by molar-refractivity contribution is 6.30. The average Bonchev–Trinajstić information content (AvgIpc) is 2.67. The maximum atomic E-state index is 12.3. The molecule has 1 saturated carbocycles. The van der Waals surface area contributed by atoms with E-state index in [0.717, 1.165) is 31.2 Å². The van der Waals surface area contributed by atoms with Gasteiger partial charge in [0.1, 0.15) is 6.61 Å². The SMILES string of the molecule is CC(C)(C)NC(=O)OCC1(c2cccc(Cl)c2)CCC(N2CC(=O)NCC2=O)CC1. The lowest BCUT2D eigenvalue weighted by molar-refractivity contribution is -0.143. The summed E-state index contributed by atoms with van der Waals surface area (Å²) in [5, 5.41) is 6.05. The summed E-state index contributed by atoms with van der Waals surface area (Å²) in [6.45, 7) is 6.10. The van der Waals surface area contributed by atoms with Crippen LogP contribution in [0.5, 0.6) is 0 Å². The van der Waals surface area contributed by atoms with E-state index in [1.807, 2.05) is 45.0 Å². The minimum atomic E-state index is -0.450. The fraction of sp³-hybridized carbons (Fsp3) is 0.591. The van der Waals surface area contributed by atoms with Crippen LogP contribution in [0.3, 0.4) is 0 Å². The molecule has 0 bridgehead atoms. The molecule has 1 aromatic carbocycles. The zero-order valence-electron chi connectivity index (χ0n) is 17.8. The Morgan fingerprint density at radius 3 is 2.63 bits per heavy atom. The number of hydrogen-bond donors (Lipinski definition) is 2. The second kappa shape index (κ2) is 8.84. The quantitative estimate of drug-likeness (QED) is 0.761. The summed E-state index contributed by atoms with van der Waals surface area (Å²) in [6.07, 6.45) is 2.47. The van der Waals surface area contributed by atoms with Crippen LogP contribution in [-0.2, 0) is 19.7 Å². The summed E-state index contributed by atoms with van der Waals surface area (Å²) in [4.78, 5) is 38.0. The Hall–Kier alpha value is -2.28. The summed E-state index contributed by atoms with van der Waals surface area (Å²) in [5.41, 5.74) is 0.268. The third-order valence-electron chi connectivity index (χ3n) is 5.82. The van der Waals surface area contributed by atoms with E-state index in [0.29, 0.717) is 5.02 Å². The van der Waals surface area contributed by atoms with Gasteiger partial charge < -0.3 is 20.3 Å². The number of carbonyl (C=O) groups excluding carboxylic acids is 3. The highest BCUT2D eigenvalue weighted by atomic mass is 35.5. The van der Waals surface area contributed by atoms with Gasteiger partial charge in [-0.2, -0.15) is 0 Å². The van der Waals surface area contributed by atoms with Gasteiger partial charge in [-0.1, -0.05) is 23.7 Å². The van der Waals surface area contributed by atoms with Crippen molar-refractivity contribution in [1.29, 1.82) is 0 Å². The molecule has 1 aliphatic carbocycles. The van der Waals surface area contributed by atoms with E-state index in [-0.39, 0.29) is 48.5 Å². The summed E-state index contributed by atoms with van der Waals surface area (Å²) in [5.74, 6) is -0.167. The van der Waals surface area contributed by atoms with Crippen LogP contribution in [0.1, 0.15) is 52.0 Å². The Balaban J connectivity index is 1.74. The van der Waals surface area contributed by atoms with Crippen LogP contribution >= 0.6 is 11.6 Å². The predicted octanol–water partition coefficient (Wildman–Crippen LogP) is 3.00. The van der Waals surface area contributed by atoms with Crippen LogP contribution in [0.15, 0.2) is 24.3 Å². The van der Waals surface area contributed by atoms with Crippen LogP contribution in [-0.4, -0.2) is 54.1 Å². The summed E-state index contributed by atoms with van der Waals surface area (Å²) in [7, 11) is 0. The first kappa shape index (κ1) is 22.4. The monoisotopic (exact) mass is 435 g/mol. The van der Waals surface area contributed by atoms with Crippen molar-refractivity contribution in [3.8, 4) is 0 Å². The van der Waals surface area contributed by atoms with Crippen molar-refractivity contribution in [2.24, 2.45) is 0 Å². The molecule has 1 heterocycles. The molecule has 2 fully saturated rings. The number of nitrogens with zero attached hydrogens (tertiary/aromatic N) is 1. The van der Waals surface area contributed by atoms with E-state index < -0.39 is 6.09 Å². The number of halogens is 1. The zero-order chi connectivity index (χ0) is 21.9. The molecule has 0 radical (unpaired) electrons. The van der Waals surface area contributed by atoms with E-state index >= 15 is 0 Å². The number of hydrogen-bond acceptors (Lipinski definition) is 4. The molecule has 2 N–H and O–H groups in total. The Morgan fingerprint density at radius 1 is 1.30 bits per heavy atom. The van der Waals surface area contributed by atoms with Crippen molar-refractivity contribution in [3.05, 3.63) is 34.9 Å². The smallest absolute Gasteiger partial charge is 0.407 e. The van der Waals surface area contributed by atoms with Gasteiger partial charge in [0.05, 0.1) is 13.1 Å². The lowest BCUT2D eigenvalue weighted by Crippen LogP contribution is -2.56. The highest BCUT2D eigenvalue weighted by Gasteiger charge is 2.41. The third kappa shape index (κ3) is 5.45. The van der Waals surface area contributed by atoms with Gasteiger partial charge in [-0.3, -0.25) is 9.59 Å². The molecule has 0 unspecified atom stereocenters. The highest BCUT2D eigenvalue weighted by Crippen LogP contribution is 2.42. The van der Waals surface area contributed by atoms with Gasteiger partial charge >= 0.3 is 6.09 Å². The van der Waals surface area contributed by atoms with Gasteiger partial charge in [0.2, 0.25) is 11.8 Å². The maximum Gasteiger partial charge on any atom is 0.407 e. The molecule has 0 aromatic heterocycles. The van der Waals surface area contributed by atoms with Gasteiger partial charge in [0.15, 0.2) is 0 Å². The first-order valence-electron chi connectivity index (χ1n) is 10.4. The van der Waals surface area contributed by atoms with Crippen LogP contribution in [0.4, 0.5) is 4.79 Å². The summed E-state index contributed by atoms with van der Waals surface area (Å²) < 4.78 is 5.64. The van der Waals surface area contributed by atoms with Gasteiger partial charge in [-0.25, -0.2) is 4.79 Å². The lowest BCUT2D eigenvalue weighted by Gasteiger charge is -2.44. The lowest BCUT2D eigenvalue weighted by atomic mass is 9.68. The van der Waals surface area contributed by atoms with Gasteiger partial charge in [0, 0.05) is 22.0 Å². The molecule has 3 amide bonds. The standard InChI is InChI=1S/C22H30ClN3O4/c1-21(2,3)25-20(29)30-14-22(15-5-4-6-16(23)11-15)9-7-17(8-10-22)26-13-18(27)24-12-19(26)28/h4-6,11,17H,7-10,12-14H2,1-3H3,(H,24,27)(H,25,29). The molecule has 30 heavy (non-hydrogen) atoms. The van der Waals surface area contributed by atoms with Crippen molar-refractivity contribution < 1.29 is 19.1 Å². The molecular weight excluding hydrogens is 406 g/mol. The first-order valence-corrected chi connectivity index (χ1v) is 10.7.